The second kappa shape index (κ2) is 5.67. The Morgan fingerprint density at radius 3 is 2.71 bits per heavy atom. The summed E-state index contributed by atoms with van der Waals surface area (Å²) in [6, 6.07) is 7.29. The lowest BCUT2D eigenvalue weighted by Crippen LogP contribution is -2.46. The number of amides is 1. The van der Waals surface area contributed by atoms with Gasteiger partial charge >= 0.3 is 6.18 Å². The molecule has 0 bridgehead atoms. The standard InChI is InChI=1S/C15H18F3NO2/c1-14(21,15(16,17)18)9-13(20)19-12-8-4-6-10-5-2-3-7-11(10)12/h2-3,5,7,12,21H,4,6,8-9H2,1H3,(H,19,20)/t12-,14+/m1/s1. The van der Waals surface area contributed by atoms with Gasteiger partial charge in [-0.3, -0.25) is 4.79 Å². The molecule has 0 fully saturated rings. The summed E-state index contributed by atoms with van der Waals surface area (Å²) in [5, 5.41) is 12.0. The molecule has 1 aromatic rings. The van der Waals surface area contributed by atoms with Crippen LogP contribution in [0.25, 0.3) is 0 Å². The Balaban J connectivity index is 2.05. The number of carbonyl (C=O) groups is 1. The maximum Gasteiger partial charge on any atom is 0.417 e. The third kappa shape index (κ3) is 3.56. The molecule has 1 aromatic carbocycles. The molecule has 1 amide bonds. The summed E-state index contributed by atoms with van der Waals surface area (Å²) in [4.78, 5) is 11.8. The number of hydrogen-bond donors (Lipinski definition) is 2. The third-order valence-electron chi connectivity index (χ3n) is 3.82. The SMILES string of the molecule is C[C@](O)(CC(=O)N[C@@H]1CCCc2ccccc21)C(F)(F)F. The Labute approximate surface area is 121 Å². The van der Waals surface area contributed by atoms with E-state index in [9.17, 15) is 23.1 Å². The van der Waals surface area contributed by atoms with Gasteiger partial charge in [-0.25, -0.2) is 0 Å². The molecule has 0 saturated heterocycles. The van der Waals surface area contributed by atoms with Gasteiger partial charge in [0.05, 0.1) is 12.5 Å². The van der Waals surface area contributed by atoms with E-state index in [4.69, 9.17) is 0 Å². The lowest BCUT2D eigenvalue weighted by Gasteiger charge is -2.29. The predicted molar refractivity (Wildman–Crippen MR) is 71.6 cm³/mol. The molecule has 2 rings (SSSR count). The molecular weight excluding hydrogens is 283 g/mol. The van der Waals surface area contributed by atoms with Gasteiger partial charge in [0.2, 0.25) is 5.91 Å². The van der Waals surface area contributed by atoms with Crippen LogP contribution in [0.3, 0.4) is 0 Å². The van der Waals surface area contributed by atoms with E-state index in [1.807, 2.05) is 24.3 Å². The normalized spacial score (nSPS) is 21.3. The Morgan fingerprint density at radius 1 is 1.38 bits per heavy atom. The summed E-state index contributed by atoms with van der Waals surface area (Å²) in [5.74, 6) is -0.793. The molecule has 3 nitrogen and oxygen atoms in total. The quantitative estimate of drug-likeness (QED) is 0.902. The summed E-state index contributed by atoms with van der Waals surface area (Å²) >= 11 is 0. The molecule has 0 unspecified atom stereocenters. The number of carbonyl (C=O) groups excluding carboxylic acids is 1. The van der Waals surface area contributed by atoms with Crippen LogP contribution in [-0.2, 0) is 11.2 Å². The molecule has 21 heavy (non-hydrogen) atoms. The van der Waals surface area contributed by atoms with Crippen LogP contribution in [0.2, 0.25) is 0 Å². The molecular formula is C15H18F3NO2. The zero-order chi connectivity index (χ0) is 15.7. The van der Waals surface area contributed by atoms with E-state index in [2.05, 4.69) is 5.32 Å². The van der Waals surface area contributed by atoms with Crippen LogP contribution in [0.4, 0.5) is 13.2 Å². The molecule has 0 radical (unpaired) electrons. The highest BCUT2D eigenvalue weighted by Gasteiger charge is 2.51. The molecule has 0 aliphatic heterocycles. The van der Waals surface area contributed by atoms with Gasteiger partial charge in [0.15, 0.2) is 5.60 Å². The summed E-state index contributed by atoms with van der Waals surface area (Å²) in [5.41, 5.74) is -0.953. The minimum absolute atomic E-state index is 0.286. The smallest absolute Gasteiger partial charge is 0.380 e. The fraction of sp³-hybridized carbons (Fsp3) is 0.533. The predicted octanol–water partition coefficient (Wildman–Crippen LogP) is 2.88. The number of fused-ring (bicyclic) bond motifs is 1. The minimum atomic E-state index is -4.82. The second-order valence-electron chi connectivity index (χ2n) is 5.66. The van der Waals surface area contributed by atoms with Gasteiger partial charge in [-0.15, -0.1) is 0 Å². The zero-order valence-electron chi connectivity index (χ0n) is 11.7. The number of rotatable bonds is 3. The Kier molecular flexibility index (Phi) is 4.27. The number of halogens is 3. The Bertz CT molecular complexity index is 526. The first kappa shape index (κ1) is 15.8. The molecule has 116 valence electrons. The van der Waals surface area contributed by atoms with Crippen molar-refractivity contribution in [3.05, 3.63) is 35.4 Å². The first-order chi connectivity index (χ1) is 9.71. The van der Waals surface area contributed by atoms with Crippen LogP contribution in [0.1, 0.15) is 43.4 Å². The van der Waals surface area contributed by atoms with Crippen LogP contribution in [-0.4, -0.2) is 22.8 Å². The highest BCUT2D eigenvalue weighted by molar-refractivity contribution is 5.77. The van der Waals surface area contributed by atoms with Crippen molar-refractivity contribution in [2.24, 2.45) is 0 Å². The molecule has 2 N–H and O–H groups in total. The largest absolute Gasteiger partial charge is 0.417 e. The number of benzene rings is 1. The van der Waals surface area contributed by atoms with Crippen molar-refractivity contribution in [1.82, 2.24) is 5.32 Å². The average Bonchev–Trinajstić information content (AvgIpc) is 2.37. The molecule has 1 aliphatic carbocycles. The van der Waals surface area contributed by atoms with Crippen molar-refractivity contribution in [3.63, 3.8) is 0 Å². The fourth-order valence-electron chi connectivity index (χ4n) is 2.56. The molecule has 0 aromatic heterocycles. The summed E-state index contributed by atoms with van der Waals surface area (Å²) in [7, 11) is 0. The zero-order valence-corrected chi connectivity index (χ0v) is 11.7. The molecule has 1 aliphatic rings. The minimum Gasteiger partial charge on any atom is -0.380 e. The Hall–Kier alpha value is -1.56. The number of aryl methyl sites for hydroxylation is 1. The number of aliphatic hydroxyl groups is 1. The third-order valence-corrected chi connectivity index (χ3v) is 3.82. The van der Waals surface area contributed by atoms with Gasteiger partial charge in [-0.1, -0.05) is 24.3 Å². The van der Waals surface area contributed by atoms with Gasteiger partial charge in [0.25, 0.3) is 0 Å². The maximum atomic E-state index is 12.6. The van der Waals surface area contributed by atoms with Crippen LogP contribution < -0.4 is 5.32 Å². The van der Waals surface area contributed by atoms with Crippen LogP contribution in [0, 0.1) is 0 Å². The van der Waals surface area contributed by atoms with E-state index >= 15 is 0 Å². The summed E-state index contributed by atoms with van der Waals surface area (Å²) in [6.07, 6.45) is -3.35. The van der Waals surface area contributed by atoms with Gasteiger partial charge in [-0.2, -0.15) is 13.2 Å². The van der Waals surface area contributed by atoms with Gasteiger partial charge < -0.3 is 10.4 Å². The van der Waals surface area contributed by atoms with E-state index in [0.29, 0.717) is 13.3 Å². The van der Waals surface area contributed by atoms with Crippen molar-refractivity contribution in [3.8, 4) is 0 Å². The van der Waals surface area contributed by atoms with Gasteiger partial charge in [-0.05, 0) is 37.3 Å². The molecule has 2 atom stereocenters. The first-order valence-electron chi connectivity index (χ1n) is 6.87. The van der Waals surface area contributed by atoms with Crippen molar-refractivity contribution in [1.29, 1.82) is 0 Å². The van der Waals surface area contributed by atoms with Crippen molar-refractivity contribution < 1.29 is 23.1 Å². The molecule has 0 saturated carbocycles. The first-order valence-corrected chi connectivity index (χ1v) is 6.87. The van der Waals surface area contributed by atoms with Crippen LogP contribution in [0.15, 0.2) is 24.3 Å². The second-order valence-corrected chi connectivity index (χ2v) is 5.66. The van der Waals surface area contributed by atoms with E-state index in [0.717, 1.165) is 24.0 Å². The monoisotopic (exact) mass is 301 g/mol. The highest BCUT2D eigenvalue weighted by atomic mass is 19.4. The van der Waals surface area contributed by atoms with E-state index in [-0.39, 0.29) is 6.04 Å². The number of hydrogen-bond acceptors (Lipinski definition) is 2. The van der Waals surface area contributed by atoms with E-state index < -0.39 is 24.1 Å². The molecule has 6 heteroatoms. The lowest BCUT2D eigenvalue weighted by atomic mass is 9.87. The van der Waals surface area contributed by atoms with E-state index in [1.165, 1.54) is 0 Å². The van der Waals surface area contributed by atoms with Crippen LogP contribution >= 0.6 is 0 Å². The highest BCUT2D eigenvalue weighted by Crippen LogP contribution is 2.34. The van der Waals surface area contributed by atoms with Crippen molar-refractivity contribution in [2.75, 3.05) is 0 Å². The summed E-state index contributed by atoms with van der Waals surface area (Å²) < 4.78 is 37.7. The fourth-order valence-corrected chi connectivity index (χ4v) is 2.56. The average molecular weight is 301 g/mol. The van der Waals surface area contributed by atoms with Crippen molar-refractivity contribution >= 4 is 5.91 Å². The number of nitrogens with one attached hydrogen (secondary N) is 1. The summed E-state index contributed by atoms with van der Waals surface area (Å²) in [6.45, 7) is 0.612. The van der Waals surface area contributed by atoms with Crippen molar-refractivity contribution in [2.45, 2.75) is 50.4 Å². The molecule has 0 spiro atoms. The number of alkyl halides is 3. The van der Waals surface area contributed by atoms with Crippen LogP contribution in [0.5, 0.6) is 0 Å². The lowest BCUT2D eigenvalue weighted by molar-refractivity contribution is -0.253. The van der Waals surface area contributed by atoms with Gasteiger partial charge in [0.1, 0.15) is 0 Å². The topological polar surface area (TPSA) is 49.3 Å². The van der Waals surface area contributed by atoms with Gasteiger partial charge in [0, 0.05) is 0 Å². The Morgan fingerprint density at radius 2 is 2.05 bits per heavy atom. The maximum absolute atomic E-state index is 12.6. The van der Waals surface area contributed by atoms with E-state index in [1.54, 1.807) is 0 Å². The molecule has 0 heterocycles.